The monoisotopic (exact) mass is 606 g/mol. The number of nitrogens with two attached hydrogens (primary N) is 1. The molecule has 2 atom stereocenters. The molecule has 2 aromatic carbocycles. The van der Waals surface area contributed by atoms with E-state index in [1.807, 2.05) is 42.6 Å². The summed E-state index contributed by atoms with van der Waals surface area (Å²) in [6.07, 6.45) is 15.5. The van der Waals surface area contributed by atoms with Gasteiger partial charge in [-0.05, 0) is 90.7 Å². The molecule has 5 N–H and O–H groups in total. The molecular weight excluding hydrogens is 571 g/mol. The zero-order valence-corrected chi connectivity index (χ0v) is 25.2. The minimum atomic E-state index is -1.40. The maximum absolute atomic E-state index is 8.54. The molecule has 3 aromatic heterocycles. The Morgan fingerprint density at radius 2 is 1.66 bits per heavy atom. The summed E-state index contributed by atoms with van der Waals surface area (Å²) in [5.41, 5.74) is 10.5. The molecule has 2 unspecified atom stereocenters. The van der Waals surface area contributed by atoms with E-state index in [1.54, 1.807) is 24.5 Å². The number of benzene rings is 2. The minimum Gasteiger partial charge on any atom is -0.423 e. The molecule has 0 bridgehead atoms. The van der Waals surface area contributed by atoms with Crippen LogP contribution in [0.1, 0.15) is 37.1 Å². The van der Waals surface area contributed by atoms with Gasteiger partial charge >= 0.3 is 7.12 Å². The predicted octanol–water partition coefficient (Wildman–Crippen LogP) is 5.45. The summed E-state index contributed by atoms with van der Waals surface area (Å²) in [7, 11) is -1.40. The van der Waals surface area contributed by atoms with Gasteiger partial charge < -0.3 is 21.1 Å². The van der Waals surface area contributed by atoms with Gasteiger partial charge in [-0.3, -0.25) is 9.97 Å². The number of hydrogen-bond donors (Lipinski definition) is 4. The zero-order valence-electron chi connectivity index (χ0n) is 24.4. The van der Waals surface area contributed by atoms with E-state index in [-0.39, 0.29) is 0 Å². The van der Waals surface area contributed by atoms with E-state index in [1.165, 1.54) is 31.9 Å². The minimum absolute atomic E-state index is 0.414. The molecule has 0 radical (unpaired) electrons. The lowest BCUT2D eigenvalue weighted by Gasteiger charge is -2.28. The van der Waals surface area contributed by atoms with Gasteiger partial charge in [-0.25, -0.2) is 9.97 Å². The molecule has 1 fully saturated rings. The van der Waals surface area contributed by atoms with Crippen LogP contribution in [0.15, 0.2) is 91.5 Å². The average Bonchev–Trinajstić information content (AvgIpc) is 3.07. The molecule has 0 aliphatic heterocycles. The molecule has 0 saturated heterocycles. The van der Waals surface area contributed by atoms with Crippen molar-refractivity contribution in [3.8, 4) is 11.1 Å². The van der Waals surface area contributed by atoms with Gasteiger partial charge in [0.25, 0.3) is 0 Å². The van der Waals surface area contributed by atoms with Crippen molar-refractivity contribution in [3.05, 3.63) is 108 Å². The van der Waals surface area contributed by atoms with Gasteiger partial charge in [0.1, 0.15) is 5.82 Å². The van der Waals surface area contributed by atoms with Gasteiger partial charge in [0.05, 0.1) is 5.52 Å². The first-order chi connectivity index (χ1) is 21.5. The number of rotatable bonds is 8. The molecule has 44 heavy (non-hydrogen) atoms. The first-order valence-electron chi connectivity index (χ1n) is 14.8. The van der Waals surface area contributed by atoms with Crippen LogP contribution >= 0.6 is 11.6 Å². The second kappa shape index (κ2) is 15.5. The SMILES string of the molecule is NCC1CCCC(CNc2nc(C=Cc3ccc(-c4cccnc4)cc3)nc3cc(Cl)ccc23)C1.OB(O)c1cccnc1. The van der Waals surface area contributed by atoms with E-state index in [4.69, 9.17) is 37.4 Å². The van der Waals surface area contributed by atoms with E-state index >= 15 is 0 Å². The molecule has 5 aromatic rings. The van der Waals surface area contributed by atoms with Crippen LogP contribution in [-0.2, 0) is 0 Å². The Balaban J connectivity index is 0.000000367. The quantitative estimate of drug-likeness (QED) is 0.172. The number of nitrogens with zero attached hydrogens (tertiary/aromatic N) is 4. The smallest absolute Gasteiger partial charge is 0.423 e. The lowest BCUT2D eigenvalue weighted by atomic mass is 9.81. The number of nitrogens with one attached hydrogen (secondary N) is 1. The summed E-state index contributed by atoms with van der Waals surface area (Å²) in [4.78, 5) is 17.5. The highest BCUT2D eigenvalue weighted by molar-refractivity contribution is 6.58. The summed E-state index contributed by atoms with van der Waals surface area (Å²) in [5, 5.41) is 22.3. The van der Waals surface area contributed by atoms with Crippen LogP contribution in [0.5, 0.6) is 0 Å². The lowest BCUT2D eigenvalue weighted by molar-refractivity contribution is 0.281. The topological polar surface area (TPSA) is 130 Å². The van der Waals surface area contributed by atoms with Crippen LogP contribution < -0.4 is 16.5 Å². The Hall–Kier alpha value is -4.15. The highest BCUT2D eigenvalue weighted by Crippen LogP contribution is 2.30. The molecule has 1 aliphatic rings. The summed E-state index contributed by atoms with van der Waals surface area (Å²) >= 11 is 6.28. The number of aromatic nitrogens is 4. The number of fused-ring (bicyclic) bond motifs is 1. The van der Waals surface area contributed by atoms with E-state index < -0.39 is 7.12 Å². The van der Waals surface area contributed by atoms with Crippen molar-refractivity contribution in [1.82, 2.24) is 19.9 Å². The molecule has 8 nitrogen and oxygen atoms in total. The number of halogens is 1. The largest absolute Gasteiger partial charge is 0.490 e. The van der Waals surface area contributed by atoms with Gasteiger partial charge in [-0.1, -0.05) is 60.5 Å². The third-order valence-corrected chi connectivity index (χ3v) is 8.01. The van der Waals surface area contributed by atoms with Crippen LogP contribution in [0.4, 0.5) is 5.82 Å². The van der Waals surface area contributed by atoms with E-state index in [9.17, 15) is 0 Å². The van der Waals surface area contributed by atoms with Gasteiger partial charge in [-0.15, -0.1) is 0 Å². The second-order valence-corrected chi connectivity index (χ2v) is 11.4. The van der Waals surface area contributed by atoms with E-state index in [2.05, 4.69) is 45.6 Å². The number of hydrogen-bond acceptors (Lipinski definition) is 8. The molecule has 3 heterocycles. The predicted molar refractivity (Wildman–Crippen MR) is 180 cm³/mol. The van der Waals surface area contributed by atoms with Crippen molar-refractivity contribution >= 4 is 53.1 Å². The fraction of sp³-hybridized carbons (Fsp3) is 0.235. The third kappa shape index (κ3) is 8.71. The Kier molecular flexibility index (Phi) is 11.1. The fourth-order valence-electron chi connectivity index (χ4n) is 5.39. The maximum atomic E-state index is 8.54. The Morgan fingerprint density at radius 3 is 2.34 bits per heavy atom. The normalized spacial score (nSPS) is 16.4. The maximum Gasteiger partial charge on any atom is 0.490 e. The Labute approximate surface area is 263 Å². The molecule has 224 valence electrons. The summed E-state index contributed by atoms with van der Waals surface area (Å²) < 4.78 is 0. The van der Waals surface area contributed by atoms with Crippen LogP contribution in [0, 0.1) is 11.8 Å². The van der Waals surface area contributed by atoms with Crippen LogP contribution in [-0.4, -0.2) is 50.2 Å². The van der Waals surface area contributed by atoms with Gasteiger partial charge in [-0.2, -0.15) is 0 Å². The van der Waals surface area contributed by atoms with Gasteiger partial charge in [0.15, 0.2) is 5.82 Å². The third-order valence-electron chi connectivity index (χ3n) is 7.77. The number of anilines is 1. The van der Waals surface area contributed by atoms with Crippen LogP contribution in [0.25, 0.3) is 34.2 Å². The van der Waals surface area contributed by atoms with Crippen molar-refractivity contribution in [3.63, 3.8) is 0 Å². The highest BCUT2D eigenvalue weighted by atomic mass is 35.5. The summed E-state index contributed by atoms with van der Waals surface area (Å²) in [6.45, 7) is 1.67. The zero-order chi connectivity index (χ0) is 30.7. The number of pyridine rings is 2. The second-order valence-electron chi connectivity index (χ2n) is 11.0. The molecule has 0 amide bonds. The first-order valence-corrected chi connectivity index (χ1v) is 15.2. The molecule has 10 heteroatoms. The van der Waals surface area contributed by atoms with Crippen LogP contribution in [0.3, 0.4) is 0 Å². The fourth-order valence-corrected chi connectivity index (χ4v) is 5.56. The molecular formula is C34H36BClN6O2. The highest BCUT2D eigenvalue weighted by Gasteiger charge is 2.21. The van der Waals surface area contributed by atoms with E-state index in [0.717, 1.165) is 46.5 Å². The Morgan fingerprint density at radius 1 is 0.886 bits per heavy atom. The molecule has 1 saturated carbocycles. The molecule has 0 spiro atoms. The summed E-state index contributed by atoms with van der Waals surface area (Å²) in [6, 6.07) is 21.4. The molecule has 1 aliphatic carbocycles. The average molecular weight is 607 g/mol. The standard InChI is InChI=1S/C29H30ClN5.C5H6BNO2/c30-25-11-12-26-27(16-25)34-28(35-29(26)33-18-22-4-1-3-21(15-22)17-31)13-8-20-6-9-23(10-7-20)24-5-2-14-32-19-24;8-6(9)5-2-1-3-7-4-5/h2,5-14,16,19,21-22H,1,3-4,15,17-18,31H2,(H,33,34,35);1-4,8-9H. The van der Waals surface area contributed by atoms with E-state index in [0.29, 0.717) is 28.1 Å². The van der Waals surface area contributed by atoms with Crippen molar-refractivity contribution in [2.24, 2.45) is 17.6 Å². The lowest BCUT2D eigenvalue weighted by Crippen LogP contribution is -2.29. The van der Waals surface area contributed by atoms with Gasteiger partial charge in [0.2, 0.25) is 0 Å². The van der Waals surface area contributed by atoms with Crippen molar-refractivity contribution in [1.29, 1.82) is 0 Å². The Bertz CT molecular complexity index is 1660. The van der Waals surface area contributed by atoms with Gasteiger partial charge in [0, 0.05) is 47.2 Å². The first kappa shape index (κ1) is 31.3. The van der Waals surface area contributed by atoms with Crippen LogP contribution in [0.2, 0.25) is 5.02 Å². The molecule has 6 rings (SSSR count). The van der Waals surface area contributed by atoms with Crippen molar-refractivity contribution in [2.45, 2.75) is 25.7 Å². The summed E-state index contributed by atoms with van der Waals surface area (Å²) in [5.74, 6) is 2.77. The van der Waals surface area contributed by atoms with Crippen molar-refractivity contribution in [2.75, 3.05) is 18.4 Å². The van der Waals surface area contributed by atoms with Crippen molar-refractivity contribution < 1.29 is 10.0 Å².